The summed E-state index contributed by atoms with van der Waals surface area (Å²) in [4.78, 5) is 42.1. The zero-order chi connectivity index (χ0) is 28.2. The fraction of sp³-hybridized carbons (Fsp3) is 0.167. The average Bonchev–Trinajstić information content (AvgIpc) is 3.26. The number of non-ortho nitro benzene ring substituents is 1. The van der Waals surface area contributed by atoms with E-state index >= 15 is 0 Å². The first-order chi connectivity index (χ1) is 19.4. The predicted octanol–water partition coefficient (Wildman–Crippen LogP) is 4.29. The van der Waals surface area contributed by atoms with Crippen LogP contribution >= 0.6 is 11.3 Å². The molecule has 10 heteroatoms. The molecule has 0 saturated carbocycles. The number of carbonyl (C=O) groups excluding carboxylic acids is 1. The molecule has 4 aromatic rings. The summed E-state index contributed by atoms with van der Waals surface area (Å²) >= 11 is 1.26. The van der Waals surface area contributed by atoms with Gasteiger partial charge in [-0.3, -0.25) is 19.5 Å². The highest BCUT2D eigenvalue weighted by atomic mass is 32.1. The molecule has 0 N–H and O–H groups in total. The Hall–Kier alpha value is -4.83. The van der Waals surface area contributed by atoms with Crippen molar-refractivity contribution in [2.45, 2.75) is 26.5 Å². The largest absolute Gasteiger partial charge is 0.489 e. The van der Waals surface area contributed by atoms with E-state index < -0.39 is 16.9 Å². The van der Waals surface area contributed by atoms with Crippen LogP contribution in [0.3, 0.4) is 0 Å². The molecule has 1 aliphatic rings. The second kappa shape index (κ2) is 11.5. The van der Waals surface area contributed by atoms with Gasteiger partial charge >= 0.3 is 5.97 Å². The molecule has 0 fully saturated rings. The van der Waals surface area contributed by atoms with Gasteiger partial charge in [0.05, 0.1) is 33.4 Å². The van der Waals surface area contributed by atoms with Gasteiger partial charge in [0.2, 0.25) is 0 Å². The Kier molecular flexibility index (Phi) is 7.70. The van der Waals surface area contributed by atoms with Crippen LogP contribution in [0.1, 0.15) is 36.6 Å². The molecule has 0 aliphatic carbocycles. The Morgan fingerprint density at radius 3 is 2.42 bits per heavy atom. The molecule has 0 spiro atoms. The smallest absolute Gasteiger partial charge is 0.338 e. The Labute approximate surface area is 233 Å². The van der Waals surface area contributed by atoms with Crippen LogP contribution in [-0.2, 0) is 16.1 Å². The molecule has 1 atom stereocenters. The van der Waals surface area contributed by atoms with Crippen LogP contribution < -0.4 is 19.6 Å². The molecule has 1 aliphatic heterocycles. The number of aromatic nitrogens is 1. The standard InChI is InChI=1S/C30H25N3O6S/c1-3-38-29(35)26-19(2)31-30-32(27(26)22-7-5-4-6-8-22)28(34)25(40-30)17-20-11-15-24(16-12-20)39-18-21-9-13-23(14-10-21)33(36)37/h4-17,27H,3,18H2,1-2H3/b25-17-. The number of benzene rings is 3. The van der Waals surface area contributed by atoms with Gasteiger partial charge in [-0.25, -0.2) is 9.79 Å². The number of nitrogens with zero attached hydrogens (tertiary/aromatic N) is 3. The van der Waals surface area contributed by atoms with Crippen LogP contribution in [0.15, 0.2) is 99.9 Å². The normalized spacial score (nSPS) is 14.8. The van der Waals surface area contributed by atoms with Crippen molar-refractivity contribution in [3.8, 4) is 5.75 Å². The third-order valence-electron chi connectivity index (χ3n) is 6.36. The van der Waals surface area contributed by atoms with Gasteiger partial charge < -0.3 is 9.47 Å². The quantitative estimate of drug-likeness (QED) is 0.182. The number of carbonyl (C=O) groups is 1. The molecule has 202 valence electrons. The zero-order valence-corrected chi connectivity index (χ0v) is 22.6. The fourth-order valence-electron chi connectivity index (χ4n) is 4.43. The van der Waals surface area contributed by atoms with E-state index in [1.165, 1.54) is 23.5 Å². The van der Waals surface area contributed by atoms with Crippen LogP contribution in [0, 0.1) is 10.1 Å². The van der Waals surface area contributed by atoms with Gasteiger partial charge in [-0.15, -0.1) is 0 Å². The first-order valence-corrected chi connectivity index (χ1v) is 13.4. The van der Waals surface area contributed by atoms with E-state index in [2.05, 4.69) is 4.99 Å². The highest BCUT2D eigenvalue weighted by Crippen LogP contribution is 2.30. The van der Waals surface area contributed by atoms with Crippen molar-refractivity contribution in [3.05, 3.63) is 137 Å². The van der Waals surface area contributed by atoms with E-state index in [4.69, 9.17) is 9.47 Å². The molecule has 9 nitrogen and oxygen atoms in total. The summed E-state index contributed by atoms with van der Waals surface area (Å²) in [5.74, 6) is 0.131. The highest BCUT2D eigenvalue weighted by molar-refractivity contribution is 7.07. The number of hydrogen-bond acceptors (Lipinski definition) is 8. The average molecular weight is 556 g/mol. The number of rotatable bonds is 8. The van der Waals surface area contributed by atoms with E-state index in [1.54, 1.807) is 48.8 Å². The maximum Gasteiger partial charge on any atom is 0.338 e. The Balaban J connectivity index is 1.43. The monoisotopic (exact) mass is 555 g/mol. The molecule has 0 saturated heterocycles. The van der Waals surface area contributed by atoms with Crippen molar-refractivity contribution in [2.75, 3.05) is 6.61 Å². The van der Waals surface area contributed by atoms with Crippen molar-refractivity contribution in [1.82, 2.24) is 4.57 Å². The summed E-state index contributed by atoms with van der Waals surface area (Å²) in [6, 6.07) is 22.2. The number of fused-ring (bicyclic) bond motifs is 1. The topological polar surface area (TPSA) is 113 Å². The minimum atomic E-state index is -0.645. The zero-order valence-electron chi connectivity index (χ0n) is 21.8. The molecule has 2 heterocycles. The molecule has 1 unspecified atom stereocenters. The summed E-state index contributed by atoms with van der Waals surface area (Å²) in [5, 5.41) is 10.8. The van der Waals surface area contributed by atoms with Gasteiger partial charge in [0.25, 0.3) is 11.2 Å². The molecule has 0 radical (unpaired) electrons. The predicted molar refractivity (Wildman–Crippen MR) is 151 cm³/mol. The second-order valence-electron chi connectivity index (χ2n) is 8.99. The van der Waals surface area contributed by atoms with Crippen LogP contribution in [0.25, 0.3) is 6.08 Å². The van der Waals surface area contributed by atoms with Gasteiger partial charge in [-0.1, -0.05) is 53.8 Å². The molecular formula is C30H25N3O6S. The summed E-state index contributed by atoms with van der Waals surface area (Å²) in [7, 11) is 0. The minimum absolute atomic E-state index is 0.0285. The number of nitro groups is 1. The minimum Gasteiger partial charge on any atom is -0.489 e. The van der Waals surface area contributed by atoms with E-state index in [-0.39, 0.29) is 24.5 Å². The van der Waals surface area contributed by atoms with E-state index in [0.29, 0.717) is 26.4 Å². The number of allylic oxidation sites excluding steroid dienone is 1. The van der Waals surface area contributed by atoms with Crippen molar-refractivity contribution >= 4 is 29.1 Å². The first-order valence-electron chi connectivity index (χ1n) is 12.6. The van der Waals surface area contributed by atoms with Gasteiger partial charge in [-0.2, -0.15) is 0 Å². The third kappa shape index (κ3) is 5.48. The van der Waals surface area contributed by atoms with Crippen molar-refractivity contribution in [3.63, 3.8) is 0 Å². The Morgan fingerprint density at radius 1 is 1.07 bits per heavy atom. The molecule has 5 rings (SSSR count). The van der Waals surface area contributed by atoms with E-state index in [9.17, 15) is 19.7 Å². The number of esters is 1. The lowest BCUT2D eigenvalue weighted by molar-refractivity contribution is -0.384. The lowest BCUT2D eigenvalue weighted by atomic mass is 9.96. The maximum absolute atomic E-state index is 13.7. The fourth-order valence-corrected chi connectivity index (χ4v) is 5.48. The van der Waals surface area contributed by atoms with Gasteiger partial charge in [-0.05, 0) is 60.9 Å². The van der Waals surface area contributed by atoms with Crippen LogP contribution in [0.5, 0.6) is 5.75 Å². The number of ether oxygens (including phenoxy) is 2. The van der Waals surface area contributed by atoms with E-state index in [1.807, 2.05) is 42.5 Å². The van der Waals surface area contributed by atoms with Gasteiger partial charge in [0.1, 0.15) is 12.4 Å². The third-order valence-corrected chi connectivity index (χ3v) is 7.35. The van der Waals surface area contributed by atoms with Crippen LogP contribution in [0.2, 0.25) is 0 Å². The Morgan fingerprint density at radius 2 is 1.77 bits per heavy atom. The second-order valence-corrected chi connectivity index (χ2v) is 10.0. The van der Waals surface area contributed by atoms with Crippen LogP contribution in [0.4, 0.5) is 5.69 Å². The SMILES string of the molecule is CCOC(=O)C1=C(C)N=c2s/c(=C\c3ccc(OCc4ccc([N+](=O)[O-])cc4)cc3)c(=O)n2C1c1ccccc1. The lowest BCUT2D eigenvalue weighted by Gasteiger charge is -2.24. The number of hydrogen-bond donors (Lipinski definition) is 0. The van der Waals surface area contributed by atoms with Crippen molar-refractivity contribution in [1.29, 1.82) is 0 Å². The Bertz CT molecular complexity index is 1770. The maximum atomic E-state index is 13.7. The van der Waals surface area contributed by atoms with E-state index in [0.717, 1.165) is 16.7 Å². The number of nitro benzene ring substituents is 1. The van der Waals surface area contributed by atoms with Gasteiger partial charge in [0.15, 0.2) is 4.80 Å². The molecule has 0 amide bonds. The summed E-state index contributed by atoms with van der Waals surface area (Å²) in [6.07, 6.45) is 1.79. The summed E-state index contributed by atoms with van der Waals surface area (Å²) < 4.78 is 13.2. The molecular weight excluding hydrogens is 530 g/mol. The summed E-state index contributed by atoms with van der Waals surface area (Å²) in [6.45, 7) is 3.98. The van der Waals surface area contributed by atoms with Crippen molar-refractivity contribution < 1.29 is 19.2 Å². The molecule has 3 aromatic carbocycles. The van der Waals surface area contributed by atoms with Gasteiger partial charge in [0, 0.05) is 12.1 Å². The molecule has 1 aromatic heterocycles. The lowest BCUT2D eigenvalue weighted by Crippen LogP contribution is -2.39. The van der Waals surface area contributed by atoms with Crippen LogP contribution in [-0.4, -0.2) is 22.1 Å². The molecule has 40 heavy (non-hydrogen) atoms. The first kappa shape index (κ1) is 26.8. The highest BCUT2D eigenvalue weighted by Gasteiger charge is 2.33. The van der Waals surface area contributed by atoms with Crippen molar-refractivity contribution in [2.24, 2.45) is 4.99 Å². The molecule has 0 bridgehead atoms. The number of thiazole rings is 1. The summed E-state index contributed by atoms with van der Waals surface area (Å²) in [5.41, 5.74) is 3.05.